The molecule has 272 valence electrons. The van der Waals surface area contributed by atoms with Crippen LogP contribution in [-0.4, -0.2) is 73.3 Å². The summed E-state index contributed by atoms with van der Waals surface area (Å²) in [6, 6.07) is 19.3. The molecule has 2 heterocycles. The van der Waals surface area contributed by atoms with E-state index in [1.54, 1.807) is 12.1 Å². The summed E-state index contributed by atoms with van der Waals surface area (Å²) in [5, 5.41) is 60.8. The Morgan fingerprint density at radius 2 is 1.21 bits per heavy atom. The predicted molar refractivity (Wildman–Crippen MR) is 188 cm³/mol. The number of fused-ring (bicyclic) bond motifs is 1. The molecule has 5 aromatic rings. The minimum absolute atomic E-state index is 0.00905. The zero-order valence-corrected chi connectivity index (χ0v) is 27.7. The van der Waals surface area contributed by atoms with Crippen molar-refractivity contribution in [3.63, 3.8) is 0 Å². The van der Waals surface area contributed by atoms with Gasteiger partial charge in [0.25, 0.3) is 0 Å². The first-order chi connectivity index (χ1) is 25.4. The number of rotatable bonds is 9. The molecule has 1 saturated heterocycles. The second-order valence-corrected chi connectivity index (χ2v) is 11.9. The molecule has 0 saturated carbocycles. The number of hydrogen-bond donors (Lipinski definition) is 6. The Morgan fingerprint density at radius 1 is 0.698 bits per heavy atom. The largest absolute Gasteiger partial charge is 0.508 e. The molecule has 6 N–H and O–H groups in total. The summed E-state index contributed by atoms with van der Waals surface area (Å²) >= 11 is 0. The maximum atomic E-state index is 14.0. The minimum Gasteiger partial charge on any atom is -0.508 e. The molecule has 0 bridgehead atoms. The van der Waals surface area contributed by atoms with Gasteiger partial charge in [0.05, 0.1) is 6.10 Å². The number of aliphatic hydroxyl groups is 1. The van der Waals surface area contributed by atoms with E-state index >= 15 is 0 Å². The van der Waals surface area contributed by atoms with Crippen molar-refractivity contribution in [2.75, 3.05) is 0 Å². The summed E-state index contributed by atoms with van der Waals surface area (Å²) in [6.07, 6.45) is -2.93. The van der Waals surface area contributed by atoms with Gasteiger partial charge in [0, 0.05) is 29.8 Å². The lowest BCUT2D eigenvalue weighted by molar-refractivity contribution is -0.275. The zero-order chi connectivity index (χ0) is 37.8. The first kappa shape index (κ1) is 36.0. The summed E-state index contributed by atoms with van der Waals surface area (Å²) in [4.78, 5) is 40.0. The van der Waals surface area contributed by atoms with Crippen LogP contribution in [0.3, 0.4) is 0 Å². The number of carbonyl (C=O) groups is 2. The van der Waals surface area contributed by atoms with E-state index in [-0.39, 0.29) is 39.5 Å². The van der Waals surface area contributed by atoms with Crippen molar-refractivity contribution in [3.8, 4) is 45.8 Å². The van der Waals surface area contributed by atoms with Gasteiger partial charge in [0.2, 0.25) is 17.5 Å². The fraction of sp³-hybridized carbons (Fsp3) is 0.154. The molecule has 5 atom stereocenters. The third-order valence-corrected chi connectivity index (χ3v) is 8.15. The first-order valence-electron chi connectivity index (χ1n) is 16.0. The van der Waals surface area contributed by atoms with Crippen molar-refractivity contribution >= 4 is 35.1 Å². The molecule has 1 fully saturated rings. The maximum absolute atomic E-state index is 14.0. The van der Waals surface area contributed by atoms with Crippen LogP contribution in [0.2, 0.25) is 0 Å². The quantitative estimate of drug-likeness (QED) is 0.0894. The number of hydrogen-bond acceptors (Lipinski definition) is 14. The van der Waals surface area contributed by atoms with Crippen molar-refractivity contribution in [2.24, 2.45) is 0 Å². The maximum Gasteiger partial charge on any atom is 0.331 e. The fourth-order valence-electron chi connectivity index (χ4n) is 5.52. The average Bonchev–Trinajstić information content (AvgIpc) is 3.12. The van der Waals surface area contributed by atoms with E-state index in [1.165, 1.54) is 79.7 Å². The summed E-state index contributed by atoms with van der Waals surface area (Å²) < 4.78 is 29.1. The minimum atomic E-state index is -1.80. The van der Waals surface area contributed by atoms with Crippen LogP contribution in [0, 0.1) is 0 Å². The number of phenolic OH excluding ortho intramolecular Hbond substituents is 5. The highest BCUT2D eigenvalue weighted by Crippen LogP contribution is 2.38. The molecule has 1 aromatic heterocycles. The third-order valence-electron chi connectivity index (χ3n) is 8.15. The number of aromatic hydroxyl groups is 5. The highest BCUT2D eigenvalue weighted by Gasteiger charge is 2.49. The second kappa shape index (κ2) is 15.2. The molecule has 4 aromatic carbocycles. The molecule has 6 rings (SSSR count). The van der Waals surface area contributed by atoms with Gasteiger partial charge in [-0.25, -0.2) is 9.59 Å². The predicted octanol–water partition coefficient (Wildman–Crippen LogP) is 4.72. The summed E-state index contributed by atoms with van der Waals surface area (Å²) in [5.74, 6) is -3.77. The molecular weight excluding hydrogens is 692 g/mol. The highest BCUT2D eigenvalue weighted by atomic mass is 16.7. The number of carbonyl (C=O) groups excluding carboxylic acids is 2. The molecule has 0 spiro atoms. The molecule has 1 aliphatic heterocycles. The molecule has 14 nitrogen and oxygen atoms in total. The van der Waals surface area contributed by atoms with Gasteiger partial charge in [-0.1, -0.05) is 24.3 Å². The first-order valence-corrected chi connectivity index (χ1v) is 16.0. The molecule has 0 amide bonds. The van der Waals surface area contributed by atoms with Gasteiger partial charge in [-0.15, -0.1) is 0 Å². The second-order valence-electron chi connectivity index (χ2n) is 11.9. The van der Waals surface area contributed by atoms with E-state index in [0.29, 0.717) is 11.1 Å². The number of phenols is 5. The molecule has 53 heavy (non-hydrogen) atoms. The zero-order valence-electron chi connectivity index (χ0n) is 27.7. The van der Waals surface area contributed by atoms with Gasteiger partial charge in [0.1, 0.15) is 45.8 Å². The Kier molecular flexibility index (Phi) is 10.4. The van der Waals surface area contributed by atoms with Gasteiger partial charge in [-0.2, -0.15) is 0 Å². The van der Waals surface area contributed by atoms with E-state index in [0.717, 1.165) is 24.3 Å². The van der Waals surface area contributed by atoms with Gasteiger partial charge >= 0.3 is 11.9 Å². The van der Waals surface area contributed by atoms with Crippen LogP contribution in [0.1, 0.15) is 18.1 Å². The van der Waals surface area contributed by atoms with Crippen LogP contribution in [-0.2, 0) is 23.8 Å². The Bertz CT molecular complexity index is 2240. The molecule has 0 aliphatic carbocycles. The molecule has 0 radical (unpaired) electrons. The molecule has 14 heteroatoms. The fourth-order valence-corrected chi connectivity index (χ4v) is 5.52. The van der Waals surface area contributed by atoms with Crippen LogP contribution in [0.25, 0.3) is 34.4 Å². The van der Waals surface area contributed by atoms with E-state index in [9.17, 15) is 45.0 Å². The SMILES string of the molecule is CC1O[C@@H](Oc2c(-c3ccc(O)cc3)oc3cc(O)cc(O)c3c2=O)C(OC(=O)/C=C/c2ccc(O)cc2)[C@@H](O)[C@H]1OC(=O)/C=C/c1ccc(O)cc1. The Labute approximate surface area is 300 Å². The van der Waals surface area contributed by atoms with Crippen molar-refractivity contribution < 1.29 is 63.6 Å². The monoisotopic (exact) mass is 724 g/mol. The van der Waals surface area contributed by atoms with Crippen LogP contribution < -0.4 is 10.2 Å². The van der Waals surface area contributed by atoms with E-state index in [2.05, 4.69) is 0 Å². The summed E-state index contributed by atoms with van der Waals surface area (Å²) in [5.41, 5.74) is 0.154. The van der Waals surface area contributed by atoms with Crippen LogP contribution >= 0.6 is 0 Å². The topological polar surface area (TPSA) is 223 Å². The van der Waals surface area contributed by atoms with E-state index < -0.39 is 65.3 Å². The Balaban J connectivity index is 1.35. The number of ether oxygens (including phenoxy) is 4. The van der Waals surface area contributed by atoms with Crippen LogP contribution in [0.4, 0.5) is 0 Å². The lowest BCUT2D eigenvalue weighted by Crippen LogP contribution is -2.61. The van der Waals surface area contributed by atoms with Gasteiger partial charge < -0.3 is 54.0 Å². The molecule has 1 aliphatic rings. The Morgan fingerprint density at radius 3 is 1.75 bits per heavy atom. The van der Waals surface area contributed by atoms with Crippen LogP contribution in [0.5, 0.6) is 34.5 Å². The van der Waals surface area contributed by atoms with Crippen LogP contribution in [0.15, 0.2) is 106 Å². The van der Waals surface area contributed by atoms with Crippen molar-refractivity contribution in [1.29, 1.82) is 0 Å². The van der Waals surface area contributed by atoms with E-state index in [4.69, 9.17) is 23.4 Å². The van der Waals surface area contributed by atoms with Crippen molar-refractivity contribution in [3.05, 3.63) is 118 Å². The van der Waals surface area contributed by atoms with Gasteiger partial charge in [0.15, 0.2) is 18.0 Å². The highest BCUT2D eigenvalue weighted by molar-refractivity contribution is 5.89. The smallest absolute Gasteiger partial charge is 0.331 e. The average molecular weight is 725 g/mol. The third kappa shape index (κ3) is 8.25. The number of benzene rings is 4. The lowest BCUT2D eigenvalue weighted by atomic mass is 9.99. The lowest BCUT2D eigenvalue weighted by Gasteiger charge is -2.41. The summed E-state index contributed by atoms with van der Waals surface area (Å²) in [6.45, 7) is 1.45. The molecular formula is C39H32O14. The Hall–Kier alpha value is -6.77. The number of esters is 2. The van der Waals surface area contributed by atoms with Gasteiger partial charge in [-0.05, 0) is 78.7 Å². The normalized spacial score (nSPS) is 20.1. The number of aliphatic hydroxyl groups excluding tert-OH is 1. The molecule has 2 unspecified atom stereocenters. The standard InChI is InChI=1S/C39H32O14/c1-20-35(51-30(45)16-6-21-2-10-24(40)11-3-21)34(48)38(52-31(46)17-7-22-4-12-25(41)13-5-22)39(49-20)53-37-33(47)32-28(44)18-27(43)19-29(32)50-36(37)23-8-14-26(42)15-9-23/h2-20,34-35,38-44,48H,1H3/b16-6+,17-7+/t20?,34-,35-,38?,39-/m0/s1. The van der Waals surface area contributed by atoms with E-state index in [1.807, 2.05) is 0 Å². The van der Waals surface area contributed by atoms with Gasteiger partial charge in [-0.3, -0.25) is 4.79 Å². The van der Waals surface area contributed by atoms with Crippen molar-refractivity contribution in [1.82, 2.24) is 0 Å². The van der Waals surface area contributed by atoms with Crippen molar-refractivity contribution in [2.45, 2.75) is 37.6 Å². The summed E-state index contributed by atoms with van der Waals surface area (Å²) in [7, 11) is 0.